The van der Waals surface area contributed by atoms with Crippen LogP contribution < -0.4 is 10.7 Å². The van der Waals surface area contributed by atoms with Crippen LogP contribution in [0, 0.1) is 0 Å². The van der Waals surface area contributed by atoms with Crippen LogP contribution in [0.1, 0.15) is 10.5 Å². The normalized spacial score (nSPS) is 10.9. The van der Waals surface area contributed by atoms with Crippen LogP contribution in [0.5, 0.6) is 0 Å². The maximum Gasteiger partial charge on any atom is 0.280 e. The number of fused-ring (bicyclic) bond motifs is 1. The SMILES string of the molecule is Cn1nc(C(=O)Nc2ccc(-n3ccnc3)cc2)c(=O)c2cc(Cl)ccc21. The summed E-state index contributed by atoms with van der Waals surface area (Å²) < 4.78 is 3.33. The number of benzene rings is 2. The van der Waals surface area contributed by atoms with Crippen molar-refractivity contribution < 1.29 is 4.79 Å². The second-order valence-corrected chi connectivity index (χ2v) is 6.37. The molecule has 1 amide bonds. The third-order valence-electron chi connectivity index (χ3n) is 4.16. The van der Waals surface area contributed by atoms with Crippen LogP contribution >= 0.6 is 11.6 Å². The highest BCUT2D eigenvalue weighted by Crippen LogP contribution is 2.17. The third kappa shape index (κ3) is 3.20. The van der Waals surface area contributed by atoms with Crippen molar-refractivity contribution in [2.24, 2.45) is 7.05 Å². The van der Waals surface area contributed by atoms with Gasteiger partial charge in [0.2, 0.25) is 5.43 Å². The Hall–Kier alpha value is -3.45. The third-order valence-corrected chi connectivity index (χ3v) is 4.39. The van der Waals surface area contributed by atoms with Gasteiger partial charge in [-0.1, -0.05) is 11.6 Å². The van der Waals surface area contributed by atoms with E-state index in [0.717, 1.165) is 5.69 Å². The number of carbonyl (C=O) groups is 1. The van der Waals surface area contributed by atoms with Crippen LogP contribution in [0.25, 0.3) is 16.6 Å². The molecule has 0 unspecified atom stereocenters. The first-order valence-corrected chi connectivity index (χ1v) is 8.47. The lowest BCUT2D eigenvalue weighted by atomic mass is 10.2. The Morgan fingerprint density at radius 3 is 2.63 bits per heavy atom. The van der Waals surface area contributed by atoms with Gasteiger partial charge in [-0.2, -0.15) is 5.10 Å². The number of hydrogen-bond donors (Lipinski definition) is 1. The molecule has 0 aliphatic heterocycles. The molecule has 7 nitrogen and oxygen atoms in total. The summed E-state index contributed by atoms with van der Waals surface area (Å²) in [6.45, 7) is 0. The van der Waals surface area contributed by atoms with Crippen molar-refractivity contribution in [2.75, 3.05) is 5.32 Å². The zero-order valence-electron chi connectivity index (χ0n) is 14.3. The van der Waals surface area contributed by atoms with Crippen molar-refractivity contribution in [3.05, 3.63) is 82.1 Å². The predicted molar refractivity (Wildman–Crippen MR) is 104 cm³/mol. The van der Waals surface area contributed by atoms with Crippen LogP contribution in [0.2, 0.25) is 5.02 Å². The number of nitrogens with zero attached hydrogens (tertiary/aromatic N) is 4. The first-order chi connectivity index (χ1) is 13.0. The molecule has 1 N–H and O–H groups in total. The summed E-state index contributed by atoms with van der Waals surface area (Å²) in [6, 6.07) is 12.1. The summed E-state index contributed by atoms with van der Waals surface area (Å²) in [5.41, 5.74) is 1.41. The predicted octanol–water partition coefficient (Wildman–Crippen LogP) is 3.02. The highest BCUT2D eigenvalue weighted by Gasteiger charge is 2.17. The molecule has 0 aliphatic carbocycles. The molecular weight excluding hydrogens is 366 g/mol. The summed E-state index contributed by atoms with van der Waals surface area (Å²) in [5.74, 6) is -0.576. The minimum absolute atomic E-state index is 0.189. The van der Waals surface area contributed by atoms with Crippen molar-refractivity contribution in [1.82, 2.24) is 19.3 Å². The average Bonchev–Trinajstić information content (AvgIpc) is 3.20. The van der Waals surface area contributed by atoms with Crippen LogP contribution in [0.15, 0.2) is 66.0 Å². The molecule has 2 heterocycles. The van der Waals surface area contributed by atoms with E-state index in [2.05, 4.69) is 15.4 Å². The van der Waals surface area contributed by atoms with E-state index >= 15 is 0 Å². The molecule has 0 aliphatic rings. The number of aryl methyl sites for hydroxylation is 1. The van der Waals surface area contributed by atoms with E-state index in [1.165, 1.54) is 10.7 Å². The van der Waals surface area contributed by atoms with Gasteiger partial charge in [0, 0.05) is 35.8 Å². The van der Waals surface area contributed by atoms with Gasteiger partial charge in [0.15, 0.2) is 5.69 Å². The Labute approximate surface area is 158 Å². The van der Waals surface area contributed by atoms with Gasteiger partial charge < -0.3 is 9.88 Å². The molecule has 4 rings (SSSR count). The molecule has 0 fully saturated rings. The van der Waals surface area contributed by atoms with Crippen LogP contribution in [0.4, 0.5) is 5.69 Å². The molecule has 0 radical (unpaired) electrons. The first-order valence-electron chi connectivity index (χ1n) is 8.09. The lowest BCUT2D eigenvalue weighted by Crippen LogP contribution is -2.26. The standard InChI is InChI=1S/C19H14ClN5O2/c1-24-16-7-2-12(20)10-15(16)18(26)17(23-24)19(27)22-13-3-5-14(6-4-13)25-9-8-21-11-25/h2-11H,1H3,(H,22,27). The van der Waals surface area contributed by atoms with Crippen molar-refractivity contribution >= 4 is 34.1 Å². The van der Waals surface area contributed by atoms with Gasteiger partial charge in [-0.25, -0.2) is 4.98 Å². The van der Waals surface area contributed by atoms with E-state index in [9.17, 15) is 9.59 Å². The lowest BCUT2D eigenvalue weighted by Gasteiger charge is -2.09. The number of amides is 1. The maximum atomic E-state index is 12.7. The van der Waals surface area contributed by atoms with E-state index < -0.39 is 11.3 Å². The number of hydrogen-bond acceptors (Lipinski definition) is 4. The van der Waals surface area contributed by atoms with Crippen molar-refractivity contribution in [2.45, 2.75) is 0 Å². The minimum Gasteiger partial charge on any atom is -0.320 e. The van der Waals surface area contributed by atoms with Crippen LogP contribution in [-0.4, -0.2) is 25.2 Å². The van der Waals surface area contributed by atoms with Gasteiger partial charge in [-0.05, 0) is 42.5 Å². The number of aromatic nitrogens is 4. The largest absolute Gasteiger partial charge is 0.320 e. The van der Waals surface area contributed by atoms with Crippen molar-refractivity contribution in [1.29, 1.82) is 0 Å². The van der Waals surface area contributed by atoms with E-state index in [1.54, 1.807) is 43.8 Å². The van der Waals surface area contributed by atoms with Gasteiger partial charge in [0.1, 0.15) is 0 Å². The molecule has 2 aromatic carbocycles. The summed E-state index contributed by atoms with van der Waals surface area (Å²) in [4.78, 5) is 29.3. The minimum atomic E-state index is -0.576. The van der Waals surface area contributed by atoms with E-state index in [1.807, 2.05) is 22.9 Å². The molecule has 0 saturated heterocycles. The number of nitrogens with one attached hydrogen (secondary N) is 1. The van der Waals surface area contributed by atoms with Gasteiger partial charge in [-0.15, -0.1) is 0 Å². The lowest BCUT2D eigenvalue weighted by molar-refractivity contribution is 0.101. The van der Waals surface area contributed by atoms with Crippen molar-refractivity contribution in [3.63, 3.8) is 0 Å². The second-order valence-electron chi connectivity index (χ2n) is 5.93. The Morgan fingerprint density at radius 2 is 1.93 bits per heavy atom. The first kappa shape index (κ1) is 17.0. The molecule has 4 aromatic rings. The average molecular weight is 380 g/mol. The summed E-state index contributed by atoms with van der Waals surface area (Å²) in [5, 5.41) is 7.60. The van der Waals surface area contributed by atoms with Gasteiger partial charge >= 0.3 is 0 Å². The van der Waals surface area contributed by atoms with Gasteiger partial charge in [0.05, 0.1) is 17.2 Å². The summed E-state index contributed by atoms with van der Waals surface area (Å²) in [6.07, 6.45) is 5.19. The second kappa shape index (κ2) is 6.69. The highest BCUT2D eigenvalue weighted by molar-refractivity contribution is 6.31. The zero-order valence-corrected chi connectivity index (χ0v) is 15.0. The fraction of sp³-hybridized carbons (Fsp3) is 0.0526. The zero-order chi connectivity index (χ0) is 19.0. The van der Waals surface area contributed by atoms with Crippen LogP contribution in [0.3, 0.4) is 0 Å². The number of imidazole rings is 1. The Kier molecular flexibility index (Phi) is 4.21. The fourth-order valence-electron chi connectivity index (χ4n) is 2.82. The molecule has 8 heteroatoms. The maximum absolute atomic E-state index is 12.7. The van der Waals surface area contributed by atoms with Gasteiger partial charge in [0.25, 0.3) is 5.91 Å². The van der Waals surface area contributed by atoms with E-state index in [0.29, 0.717) is 21.6 Å². The Morgan fingerprint density at radius 1 is 1.15 bits per heavy atom. The Balaban J connectivity index is 1.65. The van der Waals surface area contributed by atoms with E-state index in [-0.39, 0.29) is 5.69 Å². The molecular formula is C19H14ClN5O2. The van der Waals surface area contributed by atoms with Gasteiger partial charge in [-0.3, -0.25) is 14.3 Å². The molecule has 0 saturated carbocycles. The van der Waals surface area contributed by atoms with E-state index in [4.69, 9.17) is 11.6 Å². The van der Waals surface area contributed by atoms with Crippen molar-refractivity contribution in [3.8, 4) is 5.69 Å². The highest BCUT2D eigenvalue weighted by atomic mass is 35.5. The number of halogens is 1. The quantitative estimate of drug-likeness (QED) is 0.593. The molecule has 134 valence electrons. The number of carbonyl (C=O) groups excluding carboxylic acids is 1. The molecule has 2 aromatic heterocycles. The summed E-state index contributed by atoms with van der Waals surface area (Å²) >= 11 is 5.99. The number of anilines is 1. The molecule has 0 spiro atoms. The molecule has 0 bridgehead atoms. The summed E-state index contributed by atoms with van der Waals surface area (Å²) in [7, 11) is 1.67. The Bertz CT molecular complexity index is 1200. The fourth-order valence-corrected chi connectivity index (χ4v) is 2.99. The monoisotopic (exact) mass is 379 g/mol. The number of rotatable bonds is 3. The van der Waals surface area contributed by atoms with Crippen LogP contribution in [-0.2, 0) is 7.05 Å². The smallest absolute Gasteiger partial charge is 0.280 e. The molecule has 27 heavy (non-hydrogen) atoms. The molecule has 0 atom stereocenters. The topological polar surface area (TPSA) is 81.8 Å².